The number of hydrogen-bond acceptors (Lipinski definition) is 5. The highest BCUT2D eigenvalue weighted by Gasteiger charge is 2.68. The zero-order chi connectivity index (χ0) is 20.9. The number of rotatable bonds is 7. The Morgan fingerprint density at radius 1 is 1.17 bits per heavy atom. The first-order valence-electron chi connectivity index (χ1n) is 11.2. The third-order valence-electron chi connectivity index (χ3n) is 7.41. The second-order valence-electron chi connectivity index (χ2n) is 11.1. The maximum absolute atomic E-state index is 13.4. The van der Waals surface area contributed by atoms with E-state index in [4.69, 9.17) is 15.2 Å². The predicted molar refractivity (Wildman–Crippen MR) is 113 cm³/mol. The van der Waals surface area contributed by atoms with Gasteiger partial charge in [0.05, 0.1) is 13.2 Å². The van der Waals surface area contributed by atoms with Crippen molar-refractivity contribution in [2.45, 2.75) is 75.8 Å². The van der Waals surface area contributed by atoms with E-state index in [-0.39, 0.29) is 30.1 Å². The predicted octanol–water partition coefficient (Wildman–Crippen LogP) is 2.63. The van der Waals surface area contributed by atoms with Crippen molar-refractivity contribution in [2.24, 2.45) is 17.1 Å². The molecule has 0 atom stereocenters. The van der Waals surface area contributed by atoms with Gasteiger partial charge in [-0.15, -0.1) is 0 Å². The molecule has 29 heavy (non-hydrogen) atoms. The van der Waals surface area contributed by atoms with E-state index < -0.39 is 13.6 Å². The Balaban J connectivity index is 1.44. The van der Waals surface area contributed by atoms with Gasteiger partial charge in [0.25, 0.3) is 5.91 Å². The van der Waals surface area contributed by atoms with Crippen LogP contribution in [0.2, 0.25) is 25.7 Å². The molecule has 0 radical (unpaired) electrons. The van der Waals surface area contributed by atoms with E-state index >= 15 is 0 Å². The quantitative estimate of drug-likeness (QED) is 0.386. The van der Waals surface area contributed by atoms with Crippen LogP contribution in [-0.2, 0) is 14.3 Å². The highest BCUT2D eigenvalue weighted by Crippen LogP contribution is 2.61. The maximum atomic E-state index is 13.4. The third kappa shape index (κ3) is 4.01. The van der Waals surface area contributed by atoms with Gasteiger partial charge in [-0.25, -0.2) is 9.69 Å². The van der Waals surface area contributed by atoms with Crippen LogP contribution < -0.4 is 5.73 Å². The van der Waals surface area contributed by atoms with Crippen LogP contribution in [0.5, 0.6) is 0 Å². The van der Waals surface area contributed by atoms with Crippen molar-refractivity contribution >= 4 is 20.0 Å². The lowest BCUT2D eigenvalue weighted by Gasteiger charge is -2.58. The summed E-state index contributed by atoms with van der Waals surface area (Å²) in [7, 11) is -1.20. The zero-order valence-electron chi connectivity index (χ0n) is 18.2. The van der Waals surface area contributed by atoms with Crippen LogP contribution in [-0.4, -0.2) is 74.5 Å². The molecule has 7 nitrogen and oxygen atoms in total. The number of amides is 3. The van der Waals surface area contributed by atoms with Crippen molar-refractivity contribution in [1.82, 2.24) is 9.80 Å². The van der Waals surface area contributed by atoms with E-state index in [1.54, 1.807) is 0 Å². The molecule has 4 aliphatic rings. The number of carbonyl (C=O) groups excluding carboxylic acids is 2. The van der Waals surface area contributed by atoms with Gasteiger partial charge in [0, 0.05) is 33.2 Å². The van der Waals surface area contributed by atoms with Crippen LogP contribution in [0.15, 0.2) is 0 Å². The Morgan fingerprint density at radius 2 is 1.83 bits per heavy atom. The van der Waals surface area contributed by atoms with Gasteiger partial charge in [-0.3, -0.25) is 4.79 Å². The summed E-state index contributed by atoms with van der Waals surface area (Å²) in [4.78, 5) is 29.9. The molecular weight excluding hydrogens is 386 g/mol. The average molecular weight is 424 g/mol. The molecule has 0 aromatic carbocycles. The van der Waals surface area contributed by atoms with E-state index in [2.05, 4.69) is 19.6 Å². The van der Waals surface area contributed by atoms with Crippen LogP contribution in [0.1, 0.15) is 38.5 Å². The first-order chi connectivity index (χ1) is 13.6. The van der Waals surface area contributed by atoms with Gasteiger partial charge < -0.3 is 20.1 Å². The van der Waals surface area contributed by atoms with Crippen molar-refractivity contribution in [2.75, 3.05) is 33.1 Å². The van der Waals surface area contributed by atoms with Gasteiger partial charge in [0.15, 0.2) is 0 Å². The third-order valence-corrected chi connectivity index (χ3v) is 9.12. The number of urea groups is 1. The van der Waals surface area contributed by atoms with Gasteiger partial charge in [-0.2, -0.15) is 0 Å². The summed E-state index contributed by atoms with van der Waals surface area (Å²) >= 11 is 0. The topological polar surface area (TPSA) is 85.1 Å². The number of nitrogens with two attached hydrogens (primary N) is 1. The molecule has 2 spiro atoms. The van der Waals surface area contributed by atoms with Crippen molar-refractivity contribution in [3.05, 3.63) is 0 Å². The maximum Gasteiger partial charge on any atom is 0.329 e. The minimum atomic E-state index is -1.20. The molecule has 2 saturated carbocycles. The first kappa shape index (κ1) is 21.3. The van der Waals surface area contributed by atoms with Gasteiger partial charge in [0.1, 0.15) is 12.3 Å². The highest BCUT2D eigenvalue weighted by atomic mass is 28.3. The molecule has 2 heterocycles. The number of ether oxygens (including phenoxy) is 2. The Bertz CT molecular complexity index is 645. The molecule has 0 aromatic heterocycles. The normalized spacial score (nSPS) is 35.5. The molecule has 164 valence electrons. The van der Waals surface area contributed by atoms with E-state index in [0.29, 0.717) is 32.3 Å². The van der Waals surface area contributed by atoms with Crippen LogP contribution in [0, 0.1) is 11.3 Å². The van der Waals surface area contributed by atoms with E-state index in [9.17, 15) is 9.59 Å². The molecule has 8 heteroatoms. The smallest absolute Gasteiger partial charge is 0.329 e. The van der Waals surface area contributed by atoms with E-state index in [1.165, 1.54) is 4.90 Å². The Kier molecular flexibility index (Phi) is 5.59. The number of nitrogens with zero attached hydrogens (tertiary/aromatic N) is 2. The summed E-state index contributed by atoms with van der Waals surface area (Å²) in [5.74, 6) is 0.295. The molecule has 0 aromatic rings. The monoisotopic (exact) mass is 423 g/mol. The van der Waals surface area contributed by atoms with Crippen molar-refractivity contribution < 1.29 is 19.1 Å². The molecule has 2 N–H and O–H groups in total. The van der Waals surface area contributed by atoms with Crippen molar-refractivity contribution in [3.8, 4) is 0 Å². The molecule has 2 saturated heterocycles. The van der Waals surface area contributed by atoms with Crippen LogP contribution >= 0.6 is 0 Å². The van der Waals surface area contributed by atoms with Crippen molar-refractivity contribution in [3.63, 3.8) is 0 Å². The standard InChI is InChI=1S/C21H37N3O4Si/c1-29(2,3)9-8-27-15-23-18(25)21(24(19(23)26)10-16-11-28-12-16)13-20(14-21)6-4-17(22)5-7-20/h16-17H,4-15,22H2,1-3H3. The molecule has 4 fully saturated rings. The number of imide groups is 1. The van der Waals surface area contributed by atoms with Crippen LogP contribution in [0.3, 0.4) is 0 Å². The minimum absolute atomic E-state index is 0.0451. The minimum Gasteiger partial charge on any atom is -0.381 e. The Labute approximate surface area is 175 Å². The second-order valence-corrected chi connectivity index (χ2v) is 16.7. The number of hydrogen-bond donors (Lipinski definition) is 1. The lowest BCUT2D eigenvalue weighted by Crippen LogP contribution is -2.65. The average Bonchev–Trinajstić information content (AvgIpc) is 2.77. The lowest BCUT2D eigenvalue weighted by molar-refractivity contribution is -0.154. The molecular formula is C21H37N3O4Si. The first-order valence-corrected chi connectivity index (χ1v) is 14.9. The summed E-state index contributed by atoms with van der Waals surface area (Å²) in [6.45, 7) is 9.56. The van der Waals surface area contributed by atoms with Gasteiger partial charge >= 0.3 is 6.03 Å². The second kappa shape index (κ2) is 7.62. The van der Waals surface area contributed by atoms with E-state index in [1.807, 2.05) is 4.90 Å². The molecule has 2 aliphatic heterocycles. The fourth-order valence-electron chi connectivity index (χ4n) is 5.47. The fourth-order valence-corrected chi connectivity index (χ4v) is 6.23. The van der Waals surface area contributed by atoms with Crippen LogP contribution in [0.25, 0.3) is 0 Å². The van der Waals surface area contributed by atoms with Gasteiger partial charge in [-0.1, -0.05) is 19.6 Å². The largest absolute Gasteiger partial charge is 0.381 e. The van der Waals surface area contributed by atoms with Crippen molar-refractivity contribution in [1.29, 1.82) is 0 Å². The molecule has 4 rings (SSSR count). The SMILES string of the molecule is C[Si](C)(C)CCOCN1C(=O)N(CC2COC2)C2(CC3(CCC(N)CC3)C2)C1=O. The summed E-state index contributed by atoms with van der Waals surface area (Å²) in [6, 6.07) is 1.15. The summed E-state index contributed by atoms with van der Waals surface area (Å²) in [5, 5.41) is 0. The summed E-state index contributed by atoms with van der Waals surface area (Å²) in [6.07, 6.45) is 5.78. The van der Waals surface area contributed by atoms with Gasteiger partial charge in [-0.05, 0) is 50.0 Å². The Morgan fingerprint density at radius 3 is 2.38 bits per heavy atom. The Hall–Kier alpha value is -0.963. The molecule has 3 amide bonds. The molecule has 0 bridgehead atoms. The highest BCUT2D eigenvalue weighted by molar-refractivity contribution is 6.76. The number of carbonyl (C=O) groups is 2. The van der Waals surface area contributed by atoms with Crippen LogP contribution in [0.4, 0.5) is 4.79 Å². The zero-order valence-corrected chi connectivity index (χ0v) is 19.2. The summed E-state index contributed by atoms with van der Waals surface area (Å²) in [5.41, 5.74) is 5.63. The van der Waals surface area contributed by atoms with E-state index in [0.717, 1.165) is 44.6 Å². The molecule has 0 unspecified atom stereocenters. The fraction of sp³-hybridized carbons (Fsp3) is 0.905. The molecule has 2 aliphatic carbocycles. The summed E-state index contributed by atoms with van der Waals surface area (Å²) < 4.78 is 11.1. The van der Waals surface area contributed by atoms with Gasteiger partial charge in [0.2, 0.25) is 0 Å². The lowest BCUT2D eigenvalue weighted by atomic mass is 9.51.